The predicted octanol–water partition coefficient (Wildman–Crippen LogP) is 2.37. The lowest BCUT2D eigenvalue weighted by Crippen LogP contribution is -3.13. The van der Waals surface area contributed by atoms with Crippen molar-refractivity contribution in [3.63, 3.8) is 0 Å². The first-order valence-electron chi connectivity index (χ1n) is 6.92. The summed E-state index contributed by atoms with van der Waals surface area (Å²) >= 11 is 0. The van der Waals surface area contributed by atoms with Gasteiger partial charge in [0.1, 0.15) is 0 Å². The molecule has 0 radical (unpaired) electrons. The summed E-state index contributed by atoms with van der Waals surface area (Å²) in [7, 11) is 0. The van der Waals surface area contributed by atoms with Crippen LogP contribution in [0.3, 0.4) is 0 Å². The van der Waals surface area contributed by atoms with Crippen LogP contribution in [0.15, 0.2) is 0 Å². The van der Waals surface area contributed by atoms with Crippen LogP contribution in [0, 0.1) is 17.8 Å². The molecule has 0 spiro atoms. The minimum absolute atomic E-state index is 1.05. The molecule has 1 saturated heterocycles. The molecule has 0 aromatic carbocycles. The van der Waals surface area contributed by atoms with E-state index in [0.29, 0.717) is 0 Å². The van der Waals surface area contributed by atoms with Gasteiger partial charge >= 0.3 is 0 Å². The first kappa shape index (κ1) is 15.4. The number of unbranched alkanes of at least 4 members (excludes halogenated alkanes) is 2. The fourth-order valence-electron chi connectivity index (χ4n) is 2.65. The molecule has 1 aliphatic rings. The molecule has 0 aromatic rings. The molecule has 16 heavy (non-hydrogen) atoms. The molecule has 2 heteroatoms. The fourth-order valence-corrected chi connectivity index (χ4v) is 2.65. The molecule has 2 unspecified atom stereocenters. The highest BCUT2D eigenvalue weighted by Gasteiger charge is 2.21. The van der Waals surface area contributed by atoms with Gasteiger partial charge in [0.15, 0.2) is 0 Å². The molecule has 1 aliphatic heterocycles. The number of piperidine rings is 1. The van der Waals surface area contributed by atoms with E-state index in [1.54, 1.807) is 0 Å². The number of nitrogens with zero attached hydrogens (tertiary/aromatic N) is 1. The highest BCUT2D eigenvalue weighted by atomic mass is 15.1. The Morgan fingerprint density at radius 1 is 1.19 bits per heavy atom. The van der Waals surface area contributed by atoms with Gasteiger partial charge in [-0.15, -0.1) is 0 Å². The van der Waals surface area contributed by atoms with E-state index in [1.165, 1.54) is 64.6 Å². The maximum atomic E-state index is 6.25. The van der Waals surface area contributed by atoms with E-state index >= 15 is 0 Å². The zero-order valence-corrected chi connectivity index (χ0v) is 11.1. The van der Waals surface area contributed by atoms with Gasteiger partial charge in [-0.3, -0.25) is 0 Å². The van der Waals surface area contributed by atoms with Gasteiger partial charge < -0.3 is 16.7 Å². The Morgan fingerprint density at radius 2 is 1.88 bits per heavy atom. The van der Waals surface area contributed by atoms with Gasteiger partial charge in [0, 0.05) is 5.92 Å². The van der Waals surface area contributed by atoms with Crippen molar-refractivity contribution in [1.82, 2.24) is 0 Å². The fraction of sp³-hybridized carbons (Fsp3) is 0.929. The van der Waals surface area contributed by atoms with Crippen molar-refractivity contribution in [3.05, 3.63) is 6.57 Å². The summed E-state index contributed by atoms with van der Waals surface area (Å²) in [5.74, 6) is 1.05. The SMILES string of the molecule is CCCCC1CCC[NH+](CCCC)C1.[C-]#N. The second-order valence-corrected chi connectivity index (χ2v) is 4.96. The summed E-state index contributed by atoms with van der Waals surface area (Å²) in [6.45, 7) is 13.7. The van der Waals surface area contributed by atoms with Gasteiger partial charge in [0.05, 0.1) is 19.6 Å². The molecule has 1 heterocycles. The van der Waals surface area contributed by atoms with Gasteiger partial charge in [-0.1, -0.05) is 33.1 Å². The summed E-state index contributed by atoms with van der Waals surface area (Å²) in [4.78, 5) is 1.89. The lowest BCUT2D eigenvalue weighted by molar-refractivity contribution is -0.909. The van der Waals surface area contributed by atoms with E-state index in [4.69, 9.17) is 11.8 Å². The number of rotatable bonds is 6. The van der Waals surface area contributed by atoms with Gasteiger partial charge in [-0.05, 0) is 25.7 Å². The topological polar surface area (TPSA) is 28.2 Å². The van der Waals surface area contributed by atoms with E-state index in [-0.39, 0.29) is 0 Å². The van der Waals surface area contributed by atoms with E-state index in [2.05, 4.69) is 13.8 Å². The normalized spacial score (nSPS) is 24.5. The Balaban J connectivity index is 0.00000106. The molecule has 0 aromatic heterocycles. The van der Waals surface area contributed by atoms with Crippen LogP contribution in [0.5, 0.6) is 0 Å². The maximum Gasteiger partial charge on any atom is 0.0799 e. The molecular formula is C14H28N2. The van der Waals surface area contributed by atoms with Crippen LogP contribution in [-0.4, -0.2) is 19.6 Å². The summed E-state index contributed by atoms with van der Waals surface area (Å²) in [6, 6.07) is 0. The molecule has 2 atom stereocenters. The lowest BCUT2D eigenvalue weighted by atomic mass is 9.93. The standard InChI is InChI=1S/C13H27N.CN/c1-3-5-8-13-9-7-11-14(12-13)10-6-4-2;1-2/h13H,3-12H2,1-2H3;/q;-1/p+1. The molecule has 94 valence electrons. The van der Waals surface area contributed by atoms with Crippen molar-refractivity contribution in [2.24, 2.45) is 5.92 Å². The quantitative estimate of drug-likeness (QED) is 0.689. The highest BCUT2D eigenvalue weighted by molar-refractivity contribution is 4.61. The van der Waals surface area contributed by atoms with Crippen molar-refractivity contribution in [2.75, 3.05) is 19.6 Å². The molecule has 0 bridgehead atoms. The highest BCUT2D eigenvalue weighted by Crippen LogP contribution is 2.14. The molecule has 1 rings (SSSR count). The van der Waals surface area contributed by atoms with Crippen molar-refractivity contribution >= 4 is 0 Å². The Labute approximate surface area is 102 Å². The van der Waals surface area contributed by atoms with Gasteiger partial charge in [-0.2, -0.15) is 0 Å². The van der Waals surface area contributed by atoms with Crippen LogP contribution in [0.4, 0.5) is 0 Å². The van der Waals surface area contributed by atoms with E-state index in [1.807, 2.05) is 4.90 Å². The summed E-state index contributed by atoms with van der Waals surface area (Å²) < 4.78 is 0. The van der Waals surface area contributed by atoms with Crippen LogP contribution in [0.25, 0.3) is 0 Å². The number of hydrogen-bond donors (Lipinski definition) is 1. The molecular weight excluding hydrogens is 196 g/mol. The Morgan fingerprint density at radius 3 is 2.50 bits per heavy atom. The van der Waals surface area contributed by atoms with Crippen molar-refractivity contribution in [3.8, 4) is 0 Å². The number of likely N-dealkylation sites (tertiary alicyclic amines) is 1. The molecule has 2 nitrogen and oxygen atoms in total. The third kappa shape index (κ3) is 6.85. The zero-order chi connectivity index (χ0) is 12.2. The van der Waals surface area contributed by atoms with Crippen LogP contribution in [0.1, 0.15) is 58.8 Å². The molecule has 0 aliphatic carbocycles. The smallest absolute Gasteiger partial charge is 0.0799 e. The van der Waals surface area contributed by atoms with E-state index in [0.717, 1.165) is 5.92 Å². The average Bonchev–Trinajstić information content (AvgIpc) is 2.37. The summed E-state index contributed by atoms with van der Waals surface area (Å²) in [5, 5.41) is 6.25. The van der Waals surface area contributed by atoms with E-state index in [9.17, 15) is 0 Å². The minimum Gasteiger partial charge on any atom is -0.512 e. The predicted molar refractivity (Wildman–Crippen MR) is 67.7 cm³/mol. The number of quaternary nitrogens is 1. The number of nitrogens with one attached hydrogen (secondary N) is 1. The molecule has 1 N–H and O–H groups in total. The van der Waals surface area contributed by atoms with Crippen LogP contribution in [-0.2, 0) is 0 Å². The first-order chi connectivity index (χ1) is 7.86. The maximum absolute atomic E-state index is 6.25. The molecule has 0 saturated carbocycles. The first-order valence-corrected chi connectivity index (χ1v) is 6.92. The van der Waals surface area contributed by atoms with Gasteiger partial charge in [0.2, 0.25) is 0 Å². The second kappa shape index (κ2) is 11.0. The van der Waals surface area contributed by atoms with E-state index < -0.39 is 0 Å². The Bertz CT molecular complexity index is 151. The third-order valence-corrected chi connectivity index (χ3v) is 3.57. The lowest BCUT2D eigenvalue weighted by Gasteiger charge is -2.29. The second-order valence-electron chi connectivity index (χ2n) is 4.96. The number of hydrogen-bond acceptors (Lipinski definition) is 1. The van der Waals surface area contributed by atoms with Crippen molar-refractivity contribution < 1.29 is 4.90 Å². The zero-order valence-electron chi connectivity index (χ0n) is 11.1. The monoisotopic (exact) mass is 224 g/mol. The van der Waals surface area contributed by atoms with Crippen LogP contribution >= 0.6 is 0 Å². The molecule has 0 amide bonds. The van der Waals surface area contributed by atoms with Crippen molar-refractivity contribution in [1.29, 1.82) is 5.26 Å². The summed E-state index contributed by atoms with van der Waals surface area (Å²) in [5.41, 5.74) is 0. The van der Waals surface area contributed by atoms with Gasteiger partial charge in [-0.25, -0.2) is 0 Å². The largest absolute Gasteiger partial charge is 0.512 e. The minimum atomic E-state index is 1.05. The molecule has 1 fully saturated rings. The van der Waals surface area contributed by atoms with Gasteiger partial charge in [0.25, 0.3) is 0 Å². The van der Waals surface area contributed by atoms with Crippen LogP contribution in [0.2, 0.25) is 0 Å². The van der Waals surface area contributed by atoms with Crippen molar-refractivity contribution in [2.45, 2.75) is 58.8 Å². The average molecular weight is 224 g/mol. The third-order valence-electron chi connectivity index (χ3n) is 3.57. The summed E-state index contributed by atoms with van der Waals surface area (Å²) in [6.07, 6.45) is 10.1. The Kier molecular flexibility index (Phi) is 10.6. The Hall–Kier alpha value is -0.550. The van der Waals surface area contributed by atoms with Crippen LogP contribution < -0.4 is 4.90 Å².